The van der Waals surface area contributed by atoms with Crippen LogP contribution in [0, 0.1) is 5.82 Å². The van der Waals surface area contributed by atoms with Crippen molar-refractivity contribution in [2.45, 2.75) is 24.8 Å². The van der Waals surface area contributed by atoms with Gasteiger partial charge in [-0.15, -0.1) is 5.06 Å². The standard InChI is InChI=1S/C24H20FNO2/c1-24-21-11-10-18(17-8-5-9-19(25)14-17)15-20(21)22(24)12-13-26(24)28-23(27)16-6-3-2-4-7-16/h2-11,14-15,22H,12-13H2,1H3/t22?,24-/m0/s1. The van der Waals surface area contributed by atoms with Crippen LogP contribution in [0.1, 0.15) is 40.7 Å². The molecule has 0 radical (unpaired) electrons. The number of nitrogens with zero attached hydrogens (tertiary/aromatic N) is 1. The fourth-order valence-corrected chi connectivity index (χ4v) is 4.66. The average Bonchev–Trinajstić information content (AvgIpc) is 2.99. The van der Waals surface area contributed by atoms with Crippen LogP contribution in [0.2, 0.25) is 0 Å². The van der Waals surface area contributed by atoms with E-state index in [1.807, 2.05) is 35.4 Å². The summed E-state index contributed by atoms with van der Waals surface area (Å²) in [6.45, 7) is 2.83. The molecule has 3 aromatic carbocycles. The lowest BCUT2D eigenvalue weighted by Crippen LogP contribution is -2.49. The molecule has 1 saturated heterocycles. The summed E-state index contributed by atoms with van der Waals surface area (Å²) in [6, 6.07) is 22.0. The lowest BCUT2D eigenvalue weighted by molar-refractivity contribution is -0.164. The molecule has 0 aromatic heterocycles. The van der Waals surface area contributed by atoms with E-state index in [2.05, 4.69) is 19.1 Å². The van der Waals surface area contributed by atoms with Crippen LogP contribution >= 0.6 is 0 Å². The van der Waals surface area contributed by atoms with Gasteiger partial charge in [-0.25, -0.2) is 9.18 Å². The van der Waals surface area contributed by atoms with Gasteiger partial charge in [0.25, 0.3) is 0 Å². The third kappa shape index (κ3) is 2.49. The Morgan fingerprint density at radius 2 is 1.82 bits per heavy atom. The van der Waals surface area contributed by atoms with E-state index in [9.17, 15) is 9.18 Å². The minimum Gasteiger partial charge on any atom is -0.363 e. The molecule has 4 heteroatoms. The highest BCUT2D eigenvalue weighted by molar-refractivity contribution is 5.89. The summed E-state index contributed by atoms with van der Waals surface area (Å²) in [7, 11) is 0. The fraction of sp³-hybridized carbons (Fsp3) is 0.208. The van der Waals surface area contributed by atoms with E-state index in [4.69, 9.17) is 4.84 Å². The van der Waals surface area contributed by atoms with Crippen molar-refractivity contribution in [1.82, 2.24) is 5.06 Å². The Morgan fingerprint density at radius 1 is 1.04 bits per heavy atom. The Morgan fingerprint density at radius 3 is 2.61 bits per heavy atom. The molecule has 0 saturated carbocycles. The van der Waals surface area contributed by atoms with E-state index in [-0.39, 0.29) is 17.3 Å². The Hall–Kier alpha value is -2.98. The molecule has 140 valence electrons. The third-order valence-electron chi connectivity index (χ3n) is 6.15. The van der Waals surface area contributed by atoms with Gasteiger partial charge in [-0.1, -0.05) is 48.5 Å². The van der Waals surface area contributed by atoms with Crippen molar-refractivity contribution in [3.63, 3.8) is 0 Å². The van der Waals surface area contributed by atoms with Crippen molar-refractivity contribution in [2.24, 2.45) is 0 Å². The minimum absolute atomic E-state index is 0.232. The van der Waals surface area contributed by atoms with Gasteiger partial charge in [0.2, 0.25) is 0 Å². The van der Waals surface area contributed by atoms with Crippen molar-refractivity contribution in [2.75, 3.05) is 6.54 Å². The van der Waals surface area contributed by atoms with Crippen molar-refractivity contribution >= 4 is 5.97 Å². The zero-order valence-electron chi connectivity index (χ0n) is 15.6. The van der Waals surface area contributed by atoms with Crippen molar-refractivity contribution in [3.8, 4) is 11.1 Å². The highest BCUT2D eigenvalue weighted by Gasteiger charge is 2.57. The van der Waals surface area contributed by atoms with E-state index >= 15 is 0 Å². The fourth-order valence-electron chi connectivity index (χ4n) is 4.66. The molecule has 0 N–H and O–H groups in total. The minimum atomic E-state index is -0.327. The summed E-state index contributed by atoms with van der Waals surface area (Å²) in [6.07, 6.45) is 0.929. The van der Waals surface area contributed by atoms with E-state index in [1.165, 1.54) is 17.2 Å². The Bertz CT molecular complexity index is 1070. The molecule has 3 nitrogen and oxygen atoms in total. The second-order valence-electron chi connectivity index (χ2n) is 7.65. The van der Waals surface area contributed by atoms with Gasteiger partial charge >= 0.3 is 5.97 Å². The van der Waals surface area contributed by atoms with Gasteiger partial charge in [-0.2, -0.15) is 0 Å². The molecule has 1 unspecified atom stereocenters. The molecule has 2 atom stereocenters. The normalized spacial score (nSPS) is 22.9. The largest absolute Gasteiger partial charge is 0.363 e. The molecule has 1 heterocycles. The maximum atomic E-state index is 13.6. The van der Waals surface area contributed by atoms with Crippen molar-refractivity contribution in [1.29, 1.82) is 0 Å². The van der Waals surface area contributed by atoms with Gasteiger partial charge in [0, 0.05) is 12.5 Å². The van der Waals surface area contributed by atoms with Crippen LogP contribution in [-0.2, 0) is 10.4 Å². The number of hydrogen-bond acceptors (Lipinski definition) is 3. The first-order valence-corrected chi connectivity index (χ1v) is 9.53. The van der Waals surface area contributed by atoms with Gasteiger partial charge < -0.3 is 4.84 Å². The Kier molecular flexibility index (Phi) is 3.84. The molecule has 2 aliphatic rings. The predicted molar refractivity (Wildman–Crippen MR) is 105 cm³/mol. The van der Waals surface area contributed by atoms with Gasteiger partial charge in [0.15, 0.2) is 0 Å². The summed E-state index contributed by atoms with van der Waals surface area (Å²) in [5.74, 6) is -0.253. The average molecular weight is 373 g/mol. The van der Waals surface area contributed by atoms with E-state index < -0.39 is 0 Å². The number of hydrogen-bond donors (Lipinski definition) is 0. The number of rotatable bonds is 3. The van der Waals surface area contributed by atoms with E-state index in [1.54, 1.807) is 24.3 Å². The summed E-state index contributed by atoms with van der Waals surface area (Å²) >= 11 is 0. The topological polar surface area (TPSA) is 29.5 Å². The van der Waals surface area contributed by atoms with Gasteiger partial charge in [-0.3, -0.25) is 0 Å². The summed E-state index contributed by atoms with van der Waals surface area (Å²) in [4.78, 5) is 18.3. The maximum Gasteiger partial charge on any atom is 0.357 e. The monoisotopic (exact) mass is 373 g/mol. The van der Waals surface area contributed by atoms with Crippen LogP contribution in [0.25, 0.3) is 11.1 Å². The molecule has 3 aromatic rings. The van der Waals surface area contributed by atoms with Crippen LogP contribution in [-0.4, -0.2) is 17.6 Å². The highest BCUT2D eigenvalue weighted by Crippen LogP contribution is 2.59. The van der Waals surface area contributed by atoms with Gasteiger partial charge in [-0.05, 0) is 59.9 Å². The Balaban J connectivity index is 1.42. The third-order valence-corrected chi connectivity index (χ3v) is 6.15. The second-order valence-corrected chi connectivity index (χ2v) is 7.65. The Labute approximate surface area is 163 Å². The second kappa shape index (κ2) is 6.28. The molecule has 28 heavy (non-hydrogen) atoms. The summed E-state index contributed by atoms with van der Waals surface area (Å²) in [5, 5.41) is 1.83. The number of halogens is 1. The van der Waals surface area contributed by atoms with Gasteiger partial charge in [0.05, 0.1) is 11.1 Å². The number of carbonyl (C=O) groups is 1. The molecule has 1 fully saturated rings. The smallest absolute Gasteiger partial charge is 0.357 e. The molecular weight excluding hydrogens is 353 g/mol. The number of fused-ring (bicyclic) bond motifs is 4. The zero-order chi connectivity index (χ0) is 19.3. The lowest BCUT2D eigenvalue weighted by Gasteiger charge is -2.48. The van der Waals surface area contributed by atoms with Crippen LogP contribution in [0.5, 0.6) is 0 Å². The van der Waals surface area contributed by atoms with Crippen molar-refractivity contribution < 1.29 is 14.0 Å². The molecular formula is C24H20FNO2. The van der Waals surface area contributed by atoms with Crippen LogP contribution in [0.15, 0.2) is 72.8 Å². The molecule has 0 bridgehead atoms. The van der Waals surface area contributed by atoms with E-state index in [0.29, 0.717) is 18.0 Å². The summed E-state index contributed by atoms with van der Waals surface area (Å²) in [5.41, 5.74) is 4.58. The molecule has 0 spiro atoms. The van der Waals surface area contributed by atoms with E-state index in [0.717, 1.165) is 17.5 Å². The maximum absolute atomic E-state index is 13.6. The van der Waals surface area contributed by atoms with Crippen LogP contribution < -0.4 is 0 Å². The SMILES string of the molecule is C[C@]12c3ccc(-c4cccc(F)c4)cc3C1CCN2OC(=O)c1ccccc1. The quantitative estimate of drug-likeness (QED) is 0.625. The van der Waals surface area contributed by atoms with Crippen molar-refractivity contribution in [3.05, 3.63) is 95.3 Å². The molecule has 0 amide bonds. The first kappa shape index (κ1) is 17.1. The highest BCUT2D eigenvalue weighted by atomic mass is 19.1. The lowest BCUT2D eigenvalue weighted by atomic mass is 9.63. The predicted octanol–water partition coefficient (Wildman–Crippen LogP) is 5.28. The first-order valence-electron chi connectivity index (χ1n) is 9.53. The number of carbonyl (C=O) groups excluding carboxylic acids is 1. The molecule has 5 rings (SSSR count). The van der Waals surface area contributed by atoms with Gasteiger partial charge in [0.1, 0.15) is 5.82 Å². The first-order chi connectivity index (χ1) is 13.6. The van der Waals surface area contributed by atoms with Crippen LogP contribution in [0.3, 0.4) is 0 Å². The number of hydroxylamine groups is 2. The molecule has 1 aliphatic heterocycles. The number of benzene rings is 3. The van der Waals surface area contributed by atoms with Crippen LogP contribution in [0.4, 0.5) is 4.39 Å². The summed E-state index contributed by atoms with van der Waals surface area (Å²) < 4.78 is 13.6. The molecule has 1 aliphatic carbocycles. The zero-order valence-corrected chi connectivity index (χ0v) is 15.6.